The highest BCUT2D eigenvalue weighted by molar-refractivity contribution is 14.1. The van der Waals surface area contributed by atoms with E-state index in [-0.39, 0.29) is 0 Å². The molecule has 0 saturated carbocycles. The zero-order chi connectivity index (χ0) is 8.72. The van der Waals surface area contributed by atoms with Gasteiger partial charge in [-0.3, -0.25) is 4.68 Å². The average molecular weight is 293 g/mol. The van der Waals surface area contributed by atoms with E-state index in [1.807, 2.05) is 29.9 Å². The van der Waals surface area contributed by atoms with Crippen molar-refractivity contribution in [1.82, 2.24) is 9.78 Å². The Morgan fingerprint density at radius 2 is 2.25 bits per heavy atom. The van der Waals surface area contributed by atoms with E-state index in [9.17, 15) is 0 Å². The summed E-state index contributed by atoms with van der Waals surface area (Å²) in [7, 11) is 1.93. The summed E-state index contributed by atoms with van der Waals surface area (Å²) in [5, 5.41) is 6.18. The largest absolute Gasteiger partial charge is 0.261 e. The predicted molar refractivity (Wildman–Crippen MR) is 58.4 cm³/mol. The summed E-state index contributed by atoms with van der Waals surface area (Å²) in [6.07, 6.45) is 0. The van der Waals surface area contributed by atoms with E-state index >= 15 is 0 Å². The van der Waals surface area contributed by atoms with Crippen LogP contribution in [0, 0.1) is 3.70 Å². The van der Waals surface area contributed by atoms with Crippen LogP contribution in [0.5, 0.6) is 0 Å². The van der Waals surface area contributed by atoms with Gasteiger partial charge in [0.1, 0.15) is 3.70 Å². The van der Waals surface area contributed by atoms with Crippen LogP contribution in [0.15, 0.2) is 18.2 Å². The van der Waals surface area contributed by atoms with Crippen LogP contribution in [0.25, 0.3) is 10.9 Å². The predicted octanol–water partition coefficient (Wildman–Crippen LogP) is 2.83. The highest BCUT2D eigenvalue weighted by Crippen LogP contribution is 2.22. The van der Waals surface area contributed by atoms with Crippen LogP contribution in [-0.2, 0) is 7.05 Å². The maximum absolute atomic E-state index is 5.86. The maximum atomic E-state index is 5.86. The lowest BCUT2D eigenvalue weighted by Crippen LogP contribution is -1.91. The van der Waals surface area contributed by atoms with Gasteiger partial charge in [0.25, 0.3) is 0 Å². The number of aryl methyl sites for hydroxylation is 1. The molecular weight excluding hydrogens is 286 g/mol. The Kier molecular flexibility index (Phi) is 2.00. The average Bonchev–Trinajstić information content (AvgIpc) is 2.31. The van der Waals surface area contributed by atoms with Crippen molar-refractivity contribution in [3.05, 3.63) is 26.9 Å². The number of halogens is 2. The molecule has 0 bridgehead atoms. The fourth-order valence-electron chi connectivity index (χ4n) is 1.14. The lowest BCUT2D eigenvalue weighted by molar-refractivity contribution is 0.759. The number of rotatable bonds is 0. The minimum Gasteiger partial charge on any atom is -0.261 e. The minimum atomic E-state index is 0.758. The molecule has 0 atom stereocenters. The Balaban J connectivity index is 2.88. The van der Waals surface area contributed by atoms with E-state index in [0.717, 1.165) is 19.6 Å². The van der Waals surface area contributed by atoms with Gasteiger partial charge in [-0.05, 0) is 40.8 Å². The summed E-state index contributed by atoms with van der Waals surface area (Å²) >= 11 is 8.12. The van der Waals surface area contributed by atoms with E-state index in [4.69, 9.17) is 11.6 Å². The van der Waals surface area contributed by atoms with Gasteiger partial charge in [0.05, 0.1) is 5.52 Å². The van der Waals surface area contributed by atoms with Crippen molar-refractivity contribution < 1.29 is 0 Å². The number of hydrogen-bond acceptors (Lipinski definition) is 1. The van der Waals surface area contributed by atoms with Crippen LogP contribution in [-0.4, -0.2) is 9.78 Å². The second-order valence-corrected chi connectivity index (χ2v) is 4.03. The summed E-state index contributed by atoms with van der Waals surface area (Å²) in [5.74, 6) is 0. The third-order valence-corrected chi connectivity index (χ3v) is 3.24. The van der Waals surface area contributed by atoms with Gasteiger partial charge in [-0.15, -0.1) is 0 Å². The molecule has 1 aromatic heterocycles. The van der Waals surface area contributed by atoms with Crippen molar-refractivity contribution in [2.24, 2.45) is 7.05 Å². The smallest absolute Gasteiger partial charge is 0.106 e. The molecule has 0 N–H and O–H groups in total. The standard InChI is InChI=1S/C8H6ClIN2/c1-12-8(10)6-4-5(9)2-3-7(6)11-12/h2-4H,1H3. The van der Waals surface area contributed by atoms with Crippen LogP contribution in [0.4, 0.5) is 0 Å². The van der Waals surface area contributed by atoms with Gasteiger partial charge in [0, 0.05) is 17.5 Å². The number of hydrogen-bond donors (Lipinski definition) is 0. The van der Waals surface area contributed by atoms with Crippen molar-refractivity contribution in [1.29, 1.82) is 0 Å². The first-order valence-corrected chi connectivity index (χ1v) is 4.92. The van der Waals surface area contributed by atoms with Gasteiger partial charge < -0.3 is 0 Å². The Hall–Kier alpha value is -0.290. The molecule has 62 valence electrons. The van der Waals surface area contributed by atoms with Gasteiger partial charge in [-0.2, -0.15) is 5.10 Å². The molecule has 2 aromatic rings. The summed E-state index contributed by atoms with van der Waals surface area (Å²) in [6.45, 7) is 0. The molecular formula is C8H6ClIN2. The number of fused-ring (bicyclic) bond motifs is 1. The second-order valence-electron chi connectivity index (χ2n) is 2.58. The molecule has 0 amide bonds. The highest BCUT2D eigenvalue weighted by Gasteiger charge is 2.04. The molecule has 2 rings (SSSR count). The quantitative estimate of drug-likeness (QED) is 0.683. The molecule has 0 aliphatic rings. The monoisotopic (exact) mass is 292 g/mol. The molecule has 12 heavy (non-hydrogen) atoms. The van der Waals surface area contributed by atoms with Gasteiger partial charge in [-0.1, -0.05) is 11.6 Å². The van der Waals surface area contributed by atoms with Crippen molar-refractivity contribution in [2.75, 3.05) is 0 Å². The molecule has 0 unspecified atom stereocenters. The minimum absolute atomic E-state index is 0.758. The zero-order valence-corrected chi connectivity index (χ0v) is 9.30. The number of benzene rings is 1. The molecule has 0 aliphatic heterocycles. The van der Waals surface area contributed by atoms with Crippen molar-refractivity contribution in [2.45, 2.75) is 0 Å². The Morgan fingerprint density at radius 3 is 3.00 bits per heavy atom. The van der Waals surface area contributed by atoms with Crippen LogP contribution in [0.1, 0.15) is 0 Å². The first kappa shape index (κ1) is 8.31. The second kappa shape index (κ2) is 2.88. The normalized spacial score (nSPS) is 10.9. The first-order chi connectivity index (χ1) is 5.68. The van der Waals surface area contributed by atoms with Crippen LogP contribution in [0.3, 0.4) is 0 Å². The van der Waals surface area contributed by atoms with Crippen molar-refractivity contribution in [3.8, 4) is 0 Å². The molecule has 0 saturated heterocycles. The Bertz CT molecular complexity index is 436. The third kappa shape index (κ3) is 1.21. The molecule has 0 fully saturated rings. The summed E-state index contributed by atoms with van der Waals surface area (Å²) in [4.78, 5) is 0. The van der Waals surface area contributed by atoms with Gasteiger partial charge in [-0.25, -0.2) is 0 Å². The number of nitrogens with zero attached hydrogens (tertiary/aromatic N) is 2. The summed E-state index contributed by atoms with van der Waals surface area (Å²) < 4.78 is 2.96. The first-order valence-electron chi connectivity index (χ1n) is 3.46. The topological polar surface area (TPSA) is 17.8 Å². The highest BCUT2D eigenvalue weighted by atomic mass is 127. The van der Waals surface area contributed by atoms with Crippen LogP contribution < -0.4 is 0 Å². The molecule has 2 nitrogen and oxygen atoms in total. The third-order valence-electron chi connectivity index (χ3n) is 1.72. The van der Waals surface area contributed by atoms with Gasteiger partial charge in [0.15, 0.2) is 0 Å². The maximum Gasteiger partial charge on any atom is 0.106 e. The lowest BCUT2D eigenvalue weighted by atomic mass is 10.3. The molecule has 0 radical (unpaired) electrons. The Labute approximate surface area is 88.7 Å². The van der Waals surface area contributed by atoms with Crippen LogP contribution >= 0.6 is 34.2 Å². The Morgan fingerprint density at radius 1 is 1.50 bits per heavy atom. The zero-order valence-electron chi connectivity index (χ0n) is 6.38. The molecule has 1 aromatic carbocycles. The van der Waals surface area contributed by atoms with Crippen molar-refractivity contribution in [3.63, 3.8) is 0 Å². The molecule has 0 aliphatic carbocycles. The van der Waals surface area contributed by atoms with E-state index in [0.29, 0.717) is 0 Å². The summed E-state index contributed by atoms with van der Waals surface area (Å²) in [5.41, 5.74) is 0.992. The fraction of sp³-hybridized carbons (Fsp3) is 0.125. The van der Waals surface area contributed by atoms with Crippen molar-refractivity contribution >= 4 is 45.1 Å². The molecule has 4 heteroatoms. The molecule has 1 heterocycles. The summed E-state index contributed by atoms with van der Waals surface area (Å²) in [6, 6.07) is 5.72. The van der Waals surface area contributed by atoms with E-state index < -0.39 is 0 Å². The van der Waals surface area contributed by atoms with Gasteiger partial charge in [0.2, 0.25) is 0 Å². The SMILES string of the molecule is Cn1nc2ccc(Cl)cc2c1I. The fourth-order valence-corrected chi connectivity index (χ4v) is 1.85. The van der Waals surface area contributed by atoms with Gasteiger partial charge >= 0.3 is 0 Å². The van der Waals surface area contributed by atoms with Crippen LogP contribution in [0.2, 0.25) is 5.02 Å². The van der Waals surface area contributed by atoms with E-state index in [1.54, 1.807) is 0 Å². The lowest BCUT2D eigenvalue weighted by Gasteiger charge is -1.90. The number of aromatic nitrogens is 2. The molecule has 0 spiro atoms. The van der Waals surface area contributed by atoms with E-state index in [2.05, 4.69) is 27.7 Å². The van der Waals surface area contributed by atoms with E-state index in [1.165, 1.54) is 0 Å².